The predicted octanol–water partition coefficient (Wildman–Crippen LogP) is 1.43. The average molecular weight is 244 g/mol. The van der Waals surface area contributed by atoms with Gasteiger partial charge in [0.2, 0.25) is 0 Å². The van der Waals surface area contributed by atoms with Gasteiger partial charge in [0.05, 0.1) is 0 Å². The van der Waals surface area contributed by atoms with Gasteiger partial charge in [0.15, 0.2) is 0 Å². The lowest BCUT2D eigenvalue weighted by atomic mass is 9.80. The molecule has 0 amide bonds. The fraction of sp³-hybridized carbons (Fsp3) is 0.143. The summed E-state index contributed by atoms with van der Waals surface area (Å²) in [5, 5.41) is 17.9. The zero-order valence-electron chi connectivity index (χ0n) is 10.4. The Morgan fingerprint density at radius 1 is 1.33 bits per heavy atom. The van der Waals surface area contributed by atoms with E-state index in [-0.39, 0.29) is 0 Å². The van der Waals surface area contributed by atoms with E-state index in [9.17, 15) is 0 Å². The summed E-state index contributed by atoms with van der Waals surface area (Å²) in [5.74, 6) is 0.674. The smallest absolute Gasteiger partial charge is 0.488 e. The maximum atomic E-state index is 8.95. The van der Waals surface area contributed by atoms with Crippen LogP contribution in [0.25, 0.3) is 0 Å². The molecule has 4 heteroatoms. The van der Waals surface area contributed by atoms with Gasteiger partial charge in [-0.3, -0.25) is 0 Å². The molecule has 0 heterocycles. The Morgan fingerprint density at radius 3 is 2.50 bits per heavy atom. The van der Waals surface area contributed by atoms with E-state index >= 15 is 0 Å². The molecule has 0 fully saturated rings. The van der Waals surface area contributed by atoms with Gasteiger partial charge >= 0.3 is 7.12 Å². The highest BCUT2D eigenvalue weighted by atomic mass is 16.5. The first-order valence-corrected chi connectivity index (χ1v) is 5.70. The number of ether oxygens (including phenoxy) is 1. The zero-order valence-corrected chi connectivity index (χ0v) is 10.4. The molecule has 0 saturated heterocycles. The molecular weight excluding hydrogens is 227 g/mol. The monoisotopic (exact) mass is 244 g/mol. The van der Waals surface area contributed by atoms with Crippen molar-refractivity contribution in [3.8, 4) is 5.75 Å². The molecule has 0 spiro atoms. The standard InChI is InChI=1S/C14H17BO3/c1-3-5-6-12(4-2)11-18-14-9-7-13(8-10-14)15(16)17/h3-10,16-17H,2,11H2,1H3/b5-3-,12-6+. The third kappa shape index (κ3) is 4.61. The molecule has 0 unspecified atom stereocenters. The van der Waals surface area contributed by atoms with Crippen LogP contribution in [0.2, 0.25) is 0 Å². The fourth-order valence-corrected chi connectivity index (χ4v) is 1.30. The number of rotatable bonds is 6. The lowest BCUT2D eigenvalue weighted by Crippen LogP contribution is -2.29. The highest BCUT2D eigenvalue weighted by molar-refractivity contribution is 6.58. The van der Waals surface area contributed by atoms with Crippen molar-refractivity contribution >= 4 is 12.6 Å². The molecule has 0 aliphatic rings. The summed E-state index contributed by atoms with van der Waals surface area (Å²) in [4.78, 5) is 0. The van der Waals surface area contributed by atoms with Crippen molar-refractivity contribution in [3.63, 3.8) is 0 Å². The second-order valence-corrected chi connectivity index (χ2v) is 3.70. The molecule has 1 aromatic carbocycles. The van der Waals surface area contributed by atoms with E-state index in [1.807, 2.05) is 25.2 Å². The molecule has 18 heavy (non-hydrogen) atoms. The summed E-state index contributed by atoms with van der Waals surface area (Å²) in [7, 11) is -1.45. The van der Waals surface area contributed by atoms with E-state index in [4.69, 9.17) is 14.8 Å². The van der Waals surface area contributed by atoms with Gasteiger partial charge in [0.25, 0.3) is 0 Å². The summed E-state index contributed by atoms with van der Waals surface area (Å²) in [6, 6.07) is 6.63. The Kier molecular flexibility index (Phi) is 5.98. The van der Waals surface area contributed by atoms with Crippen molar-refractivity contribution in [2.24, 2.45) is 0 Å². The van der Waals surface area contributed by atoms with Crippen molar-refractivity contribution in [1.82, 2.24) is 0 Å². The minimum Gasteiger partial charge on any atom is -0.489 e. The van der Waals surface area contributed by atoms with Crippen LogP contribution in [0.4, 0.5) is 0 Å². The first-order valence-electron chi connectivity index (χ1n) is 5.70. The maximum Gasteiger partial charge on any atom is 0.488 e. The first-order chi connectivity index (χ1) is 8.67. The molecule has 0 atom stereocenters. The Morgan fingerprint density at radius 2 is 2.00 bits per heavy atom. The molecule has 0 bridgehead atoms. The molecule has 0 saturated carbocycles. The lowest BCUT2D eigenvalue weighted by Gasteiger charge is -2.07. The Labute approximate surface area is 108 Å². The normalized spacial score (nSPS) is 11.6. The molecule has 0 aromatic heterocycles. The van der Waals surface area contributed by atoms with Crippen molar-refractivity contribution in [3.05, 3.63) is 60.7 Å². The van der Waals surface area contributed by atoms with Gasteiger partial charge in [-0.2, -0.15) is 0 Å². The van der Waals surface area contributed by atoms with Crippen LogP contribution < -0.4 is 10.2 Å². The number of benzene rings is 1. The van der Waals surface area contributed by atoms with E-state index in [0.717, 1.165) is 5.57 Å². The summed E-state index contributed by atoms with van der Waals surface area (Å²) in [6.07, 6.45) is 7.53. The van der Waals surface area contributed by atoms with Crippen LogP contribution in [-0.4, -0.2) is 23.8 Å². The van der Waals surface area contributed by atoms with Gasteiger partial charge in [0, 0.05) is 0 Å². The Bertz CT molecular complexity index is 433. The summed E-state index contributed by atoms with van der Waals surface area (Å²) in [5.41, 5.74) is 1.41. The summed E-state index contributed by atoms with van der Waals surface area (Å²) >= 11 is 0. The van der Waals surface area contributed by atoms with Gasteiger partial charge in [-0.1, -0.05) is 43.0 Å². The Hall–Kier alpha value is -1.78. The topological polar surface area (TPSA) is 49.7 Å². The maximum absolute atomic E-state index is 8.95. The van der Waals surface area contributed by atoms with Crippen LogP contribution in [-0.2, 0) is 0 Å². The van der Waals surface area contributed by atoms with Crippen LogP contribution in [0, 0.1) is 0 Å². The van der Waals surface area contributed by atoms with Crippen LogP contribution in [0.1, 0.15) is 6.92 Å². The highest BCUT2D eigenvalue weighted by Gasteiger charge is 2.09. The van der Waals surface area contributed by atoms with Crippen LogP contribution in [0.3, 0.4) is 0 Å². The Balaban J connectivity index is 2.60. The quantitative estimate of drug-likeness (QED) is 0.588. The molecule has 2 N–H and O–H groups in total. The van der Waals surface area contributed by atoms with Crippen molar-refractivity contribution in [2.45, 2.75) is 6.92 Å². The lowest BCUT2D eigenvalue weighted by molar-refractivity contribution is 0.355. The zero-order chi connectivity index (χ0) is 13.4. The minimum absolute atomic E-state index is 0.425. The SMILES string of the molecule is C=C/C(=C\C=C/C)COc1ccc(B(O)O)cc1. The third-order valence-electron chi connectivity index (χ3n) is 2.35. The van der Waals surface area contributed by atoms with Gasteiger partial charge in [-0.15, -0.1) is 0 Å². The predicted molar refractivity (Wildman–Crippen MR) is 74.9 cm³/mol. The molecule has 1 rings (SSSR count). The molecule has 0 radical (unpaired) electrons. The molecule has 1 aromatic rings. The van der Waals surface area contributed by atoms with E-state index in [1.165, 1.54) is 0 Å². The molecular formula is C14H17BO3. The van der Waals surface area contributed by atoms with Crippen molar-refractivity contribution in [2.75, 3.05) is 6.61 Å². The van der Waals surface area contributed by atoms with Gasteiger partial charge in [-0.25, -0.2) is 0 Å². The van der Waals surface area contributed by atoms with Gasteiger partial charge in [0.1, 0.15) is 12.4 Å². The van der Waals surface area contributed by atoms with Crippen molar-refractivity contribution in [1.29, 1.82) is 0 Å². The average Bonchev–Trinajstić information content (AvgIpc) is 2.39. The third-order valence-corrected chi connectivity index (χ3v) is 2.35. The first kappa shape index (κ1) is 14.3. The largest absolute Gasteiger partial charge is 0.489 e. The highest BCUT2D eigenvalue weighted by Crippen LogP contribution is 2.09. The number of hydrogen-bond donors (Lipinski definition) is 2. The van der Waals surface area contributed by atoms with Crippen LogP contribution in [0.5, 0.6) is 5.75 Å². The second-order valence-electron chi connectivity index (χ2n) is 3.70. The van der Waals surface area contributed by atoms with Crippen molar-refractivity contribution < 1.29 is 14.8 Å². The van der Waals surface area contributed by atoms with Gasteiger partial charge < -0.3 is 14.8 Å². The molecule has 0 aliphatic heterocycles. The van der Waals surface area contributed by atoms with Gasteiger partial charge in [-0.05, 0) is 30.1 Å². The van der Waals surface area contributed by atoms with E-state index in [0.29, 0.717) is 17.8 Å². The fourth-order valence-electron chi connectivity index (χ4n) is 1.30. The molecule has 3 nitrogen and oxygen atoms in total. The van der Waals surface area contributed by atoms with Crippen LogP contribution >= 0.6 is 0 Å². The minimum atomic E-state index is -1.45. The number of allylic oxidation sites excluding steroid dienone is 3. The molecule has 94 valence electrons. The van der Waals surface area contributed by atoms with Crippen LogP contribution in [0.15, 0.2) is 60.7 Å². The molecule has 0 aliphatic carbocycles. The van der Waals surface area contributed by atoms with E-state index in [1.54, 1.807) is 30.3 Å². The second kappa shape index (κ2) is 7.53. The summed E-state index contributed by atoms with van der Waals surface area (Å²) in [6.45, 7) is 6.08. The number of hydrogen-bond acceptors (Lipinski definition) is 3. The summed E-state index contributed by atoms with van der Waals surface area (Å²) < 4.78 is 5.55. The van der Waals surface area contributed by atoms with E-state index in [2.05, 4.69) is 6.58 Å². The van der Waals surface area contributed by atoms with E-state index < -0.39 is 7.12 Å².